The lowest BCUT2D eigenvalue weighted by Gasteiger charge is -2.38. The second-order valence-electron chi connectivity index (χ2n) is 7.54. The number of benzene rings is 1. The molecule has 0 saturated carbocycles. The van der Waals surface area contributed by atoms with Gasteiger partial charge in [-0.25, -0.2) is 0 Å². The normalized spacial score (nSPS) is 22.2. The second-order valence-corrected chi connectivity index (χ2v) is 7.54. The van der Waals surface area contributed by atoms with Crippen LogP contribution in [0, 0.1) is 0 Å². The first-order chi connectivity index (χ1) is 13.5. The van der Waals surface area contributed by atoms with Crippen LogP contribution in [0.4, 0.5) is 5.69 Å². The standard InChI is InChI=1S/C20H28N4O4/c21-15-8-6-14(7-9-15)12-18(25)24-11-3-5-17(24)20(27)23-10-2-1-4-16(23)13-19(26)28-22/h6-9,16-17H,1-5,10-13,21-22H2/t16-,17?/m1/s1. The topological polar surface area (TPSA) is 119 Å². The highest BCUT2D eigenvalue weighted by Crippen LogP contribution is 2.26. The van der Waals surface area contributed by atoms with Gasteiger partial charge >= 0.3 is 5.97 Å². The van der Waals surface area contributed by atoms with Crippen LogP contribution in [0.25, 0.3) is 0 Å². The zero-order chi connectivity index (χ0) is 20.1. The highest BCUT2D eigenvalue weighted by Gasteiger charge is 2.39. The van der Waals surface area contributed by atoms with Gasteiger partial charge in [-0.15, -0.1) is 0 Å². The van der Waals surface area contributed by atoms with Crippen LogP contribution in [-0.4, -0.2) is 52.8 Å². The third-order valence-electron chi connectivity index (χ3n) is 5.64. The van der Waals surface area contributed by atoms with Gasteiger partial charge in [0.1, 0.15) is 6.04 Å². The van der Waals surface area contributed by atoms with Crippen molar-refractivity contribution < 1.29 is 19.2 Å². The van der Waals surface area contributed by atoms with E-state index < -0.39 is 12.0 Å². The Morgan fingerprint density at radius 2 is 1.71 bits per heavy atom. The quantitative estimate of drug-likeness (QED) is 0.573. The van der Waals surface area contributed by atoms with Gasteiger partial charge in [-0.2, -0.15) is 5.90 Å². The van der Waals surface area contributed by atoms with Crippen LogP contribution in [0.2, 0.25) is 0 Å². The van der Waals surface area contributed by atoms with Crippen LogP contribution < -0.4 is 11.6 Å². The highest BCUT2D eigenvalue weighted by molar-refractivity contribution is 5.89. The largest absolute Gasteiger partial charge is 0.399 e. The van der Waals surface area contributed by atoms with E-state index in [2.05, 4.69) is 4.84 Å². The fraction of sp³-hybridized carbons (Fsp3) is 0.550. The summed E-state index contributed by atoms with van der Waals surface area (Å²) in [6.07, 6.45) is 4.38. The summed E-state index contributed by atoms with van der Waals surface area (Å²) in [7, 11) is 0. The summed E-state index contributed by atoms with van der Waals surface area (Å²) >= 11 is 0. The van der Waals surface area contributed by atoms with Crippen molar-refractivity contribution in [3.05, 3.63) is 29.8 Å². The van der Waals surface area contributed by atoms with Crippen LogP contribution in [0.5, 0.6) is 0 Å². The number of hydrogen-bond acceptors (Lipinski definition) is 6. The smallest absolute Gasteiger partial charge is 0.326 e. The molecule has 0 aromatic heterocycles. The fourth-order valence-electron chi connectivity index (χ4n) is 4.17. The molecule has 2 amide bonds. The molecule has 1 aromatic carbocycles. The van der Waals surface area contributed by atoms with E-state index in [0.29, 0.717) is 25.2 Å². The van der Waals surface area contributed by atoms with Crippen LogP contribution in [-0.2, 0) is 25.6 Å². The van der Waals surface area contributed by atoms with Crippen molar-refractivity contribution in [2.24, 2.45) is 5.90 Å². The molecular formula is C20H28N4O4. The average molecular weight is 388 g/mol. The molecule has 2 heterocycles. The Morgan fingerprint density at radius 1 is 1.00 bits per heavy atom. The molecule has 4 N–H and O–H groups in total. The minimum atomic E-state index is -0.521. The molecule has 2 aliphatic heterocycles. The van der Waals surface area contributed by atoms with Crippen molar-refractivity contribution >= 4 is 23.5 Å². The van der Waals surface area contributed by atoms with E-state index in [1.165, 1.54) is 0 Å². The number of piperidine rings is 1. The number of carbonyl (C=O) groups is 3. The van der Waals surface area contributed by atoms with Crippen molar-refractivity contribution in [1.29, 1.82) is 0 Å². The molecule has 0 aliphatic carbocycles. The van der Waals surface area contributed by atoms with Crippen LogP contribution in [0.15, 0.2) is 24.3 Å². The number of nitrogens with zero attached hydrogens (tertiary/aromatic N) is 2. The summed E-state index contributed by atoms with van der Waals surface area (Å²) in [4.78, 5) is 45.4. The lowest BCUT2D eigenvalue weighted by molar-refractivity contribution is -0.150. The number of rotatable bonds is 5. The number of likely N-dealkylation sites (tertiary alicyclic amines) is 2. The van der Waals surface area contributed by atoms with Gasteiger partial charge in [0.25, 0.3) is 0 Å². The Hall–Kier alpha value is -2.61. The first kappa shape index (κ1) is 20.1. The highest BCUT2D eigenvalue weighted by atomic mass is 16.7. The molecule has 2 fully saturated rings. The van der Waals surface area contributed by atoms with E-state index in [1.807, 2.05) is 12.1 Å². The van der Waals surface area contributed by atoms with E-state index in [-0.39, 0.29) is 30.7 Å². The monoisotopic (exact) mass is 388 g/mol. The van der Waals surface area contributed by atoms with Crippen molar-refractivity contribution in [2.45, 2.75) is 57.0 Å². The van der Waals surface area contributed by atoms with Crippen molar-refractivity contribution in [3.8, 4) is 0 Å². The molecule has 0 spiro atoms. The van der Waals surface area contributed by atoms with E-state index in [4.69, 9.17) is 11.6 Å². The van der Waals surface area contributed by atoms with E-state index in [9.17, 15) is 14.4 Å². The minimum Gasteiger partial charge on any atom is -0.399 e. The number of hydrogen-bond donors (Lipinski definition) is 2. The summed E-state index contributed by atoms with van der Waals surface area (Å²) in [5.41, 5.74) is 7.22. The Kier molecular flexibility index (Phi) is 6.51. The molecule has 2 saturated heterocycles. The molecule has 0 radical (unpaired) electrons. The molecule has 0 bridgehead atoms. The molecule has 2 aliphatic rings. The third kappa shape index (κ3) is 4.62. The maximum atomic E-state index is 13.2. The molecule has 152 valence electrons. The molecule has 8 heteroatoms. The summed E-state index contributed by atoms with van der Waals surface area (Å²) in [5.74, 6) is 4.31. The van der Waals surface area contributed by atoms with E-state index >= 15 is 0 Å². The summed E-state index contributed by atoms with van der Waals surface area (Å²) < 4.78 is 0. The Bertz CT molecular complexity index is 721. The van der Waals surface area contributed by atoms with E-state index in [0.717, 1.165) is 31.2 Å². The number of carbonyl (C=O) groups excluding carboxylic acids is 3. The summed E-state index contributed by atoms with van der Waals surface area (Å²) in [6.45, 7) is 1.17. The van der Waals surface area contributed by atoms with Crippen molar-refractivity contribution in [3.63, 3.8) is 0 Å². The molecule has 28 heavy (non-hydrogen) atoms. The van der Waals surface area contributed by atoms with Crippen molar-refractivity contribution in [2.75, 3.05) is 18.8 Å². The second kappa shape index (κ2) is 9.05. The van der Waals surface area contributed by atoms with Crippen LogP contribution >= 0.6 is 0 Å². The lowest BCUT2D eigenvalue weighted by Crippen LogP contribution is -2.53. The first-order valence-electron chi connectivity index (χ1n) is 9.83. The molecule has 2 atom stereocenters. The van der Waals surface area contributed by atoms with Gasteiger partial charge in [-0.3, -0.25) is 14.4 Å². The Labute approximate surface area is 164 Å². The Morgan fingerprint density at radius 3 is 2.43 bits per heavy atom. The maximum Gasteiger partial charge on any atom is 0.326 e. The van der Waals surface area contributed by atoms with E-state index in [1.54, 1.807) is 21.9 Å². The Balaban J connectivity index is 1.68. The average Bonchev–Trinajstić information content (AvgIpc) is 3.19. The maximum absolute atomic E-state index is 13.2. The number of nitrogens with two attached hydrogens (primary N) is 2. The lowest BCUT2D eigenvalue weighted by atomic mass is 9.98. The molecular weight excluding hydrogens is 360 g/mol. The first-order valence-corrected chi connectivity index (χ1v) is 9.83. The zero-order valence-electron chi connectivity index (χ0n) is 16.0. The molecule has 8 nitrogen and oxygen atoms in total. The van der Waals surface area contributed by atoms with Gasteiger partial charge in [0.2, 0.25) is 11.8 Å². The number of amides is 2. The molecule has 3 rings (SSSR count). The molecule has 1 aromatic rings. The van der Waals surface area contributed by atoms with Gasteiger partial charge in [-0.1, -0.05) is 12.1 Å². The van der Waals surface area contributed by atoms with Crippen LogP contribution in [0.1, 0.15) is 44.1 Å². The van der Waals surface area contributed by atoms with Gasteiger partial charge in [-0.05, 0) is 49.8 Å². The van der Waals surface area contributed by atoms with Crippen LogP contribution in [0.3, 0.4) is 0 Å². The predicted octanol–water partition coefficient (Wildman–Crippen LogP) is 0.990. The van der Waals surface area contributed by atoms with Gasteiger partial charge < -0.3 is 20.4 Å². The SMILES string of the molecule is NOC(=O)C[C@H]1CCCCN1C(=O)C1CCCN1C(=O)Cc1ccc(N)cc1. The predicted molar refractivity (Wildman–Crippen MR) is 104 cm³/mol. The number of nitrogen functional groups attached to an aromatic ring is 1. The summed E-state index contributed by atoms with van der Waals surface area (Å²) in [6, 6.07) is 6.52. The van der Waals surface area contributed by atoms with Gasteiger partial charge in [0.15, 0.2) is 0 Å². The van der Waals surface area contributed by atoms with Crippen molar-refractivity contribution in [1.82, 2.24) is 9.80 Å². The minimum absolute atomic E-state index is 0.0597. The van der Waals surface area contributed by atoms with Gasteiger partial charge in [0.05, 0.1) is 12.8 Å². The third-order valence-corrected chi connectivity index (χ3v) is 5.64. The summed E-state index contributed by atoms with van der Waals surface area (Å²) in [5, 5.41) is 0. The zero-order valence-corrected chi connectivity index (χ0v) is 16.0. The van der Waals surface area contributed by atoms with Gasteiger partial charge in [0, 0.05) is 24.8 Å². The fourth-order valence-corrected chi connectivity index (χ4v) is 4.17. The molecule has 1 unspecified atom stereocenters. The number of anilines is 1.